The lowest BCUT2D eigenvalue weighted by Gasteiger charge is -2.22. The molecule has 1 heterocycles. The fraction of sp³-hybridized carbons (Fsp3) is 0.933. The molecule has 1 atom stereocenters. The molecule has 1 aliphatic heterocycles. The molecule has 0 aliphatic carbocycles. The molecule has 3 nitrogen and oxygen atoms in total. The van der Waals surface area contributed by atoms with Crippen LogP contribution in [0.3, 0.4) is 0 Å². The predicted octanol–water partition coefficient (Wildman–Crippen LogP) is 2.95. The van der Waals surface area contributed by atoms with E-state index in [0.29, 0.717) is 0 Å². The Morgan fingerprint density at radius 2 is 1.84 bits per heavy atom. The second kappa shape index (κ2) is 11.6. The Kier molecular flexibility index (Phi) is 10.3. The largest absolute Gasteiger partial charge is 0.355 e. The fourth-order valence-electron chi connectivity index (χ4n) is 2.33. The summed E-state index contributed by atoms with van der Waals surface area (Å²) in [6, 6.07) is 0.0350. The summed E-state index contributed by atoms with van der Waals surface area (Å²) in [6.45, 7) is 4.06. The minimum atomic E-state index is 0.0350. The Morgan fingerprint density at radius 3 is 2.47 bits per heavy atom. The quantitative estimate of drug-likeness (QED) is 0.607. The van der Waals surface area contributed by atoms with Gasteiger partial charge in [-0.1, -0.05) is 51.9 Å². The van der Waals surface area contributed by atoms with Crippen LogP contribution in [0.5, 0.6) is 0 Å². The van der Waals surface area contributed by atoms with Crippen molar-refractivity contribution in [2.75, 3.05) is 24.6 Å². The van der Waals surface area contributed by atoms with Crippen LogP contribution in [0.25, 0.3) is 0 Å². The Labute approximate surface area is 122 Å². The Hall–Kier alpha value is -0.220. The molecule has 1 amide bonds. The second-order valence-electron chi connectivity index (χ2n) is 5.35. The molecule has 1 unspecified atom stereocenters. The Bertz CT molecular complexity index is 230. The molecule has 0 aromatic carbocycles. The first-order chi connectivity index (χ1) is 9.34. The van der Waals surface area contributed by atoms with Gasteiger partial charge in [0, 0.05) is 24.6 Å². The van der Waals surface area contributed by atoms with E-state index in [4.69, 9.17) is 0 Å². The summed E-state index contributed by atoms with van der Waals surface area (Å²) < 4.78 is 0. The molecule has 0 aromatic heterocycles. The molecule has 1 aliphatic rings. The molecule has 0 saturated carbocycles. The maximum absolute atomic E-state index is 11.8. The van der Waals surface area contributed by atoms with Gasteiger partial charge in [-0.15, -0.1) is 0 Å². The third-order valence-corrected chi connectivity index (χ3v) is 4.63. The van der Waals surface area contributed by atoms with Crippen molar-refractivity contribution < 1.29 is 4.79 Å². The summed E-state index contributed by atoms with van der Waals surface area (Å²) in [5, 5.41) is 6.32. The van der Waals surface area contributed by atoms with Gasteiger partial charge in [0.05, 0.1) is 6.04 Å². The molecule has 1 saturated heterocycles. The molecule has 0 spiro atoms. The molecule has 19 heavy (non-hydrogen) atoms. The van der Waals surface area contributed by atoms with E-state index >= 15 is 0 Å². The number of hydrogen-bond acceptors (Lipinski definition) is 3. The topological polar surface area (TPSA) is 41.1 Å². The first kappa shape index (κ1) is 16.8. The van der Waals surface area contributed by atoms with Gasteiger partial charge < -0.3 is 10.6 Å². The van der Waals surface area contributed by atoms with Crippen molar-refractivity contribution in [3.63, 3.8) is 0 Å². The lowest BCUT2D eigenvalue weighted by atomic mass is 10.1. The number of rotatable bonds is 10. The molecule has 112 valence electrons. The third kappa shape index (κ3) is 8.53. The SMILES string of the molecule is CCCCCCCCCCNC(=O)C1CSCCN1. The highest BCUT2D eigenvalue weighted by Crippen LogP contribution is 2.09. The summed E-state index contributed by atoms with van der Waals surface area (Å²) in [6.07, 6.45) is 10.5. The molecule has 2 N–H and O–H groups in total. The van der Waals surface area contributed by atoms with Crippen molar-refractivity contribution in [1.29, 1.82) is 0 Å². The number of thioether (sulfide) groups is 1. The van der Waals surface area contributed by atoms with E-state index in [2.05, 4.69) is 17.6 Å². The number of carbonyl (C=O) groups is 1. The van der Waals surface area contributed by atoms with Crippen LogP contribution in [-0.4, -0.2) is 36.5 Å². The average molecular weight is 286 g/mol. The van der Waals surface area contributed by atoms with Crippen molar-refractivity contribution >= 4 is 17.7 Å². The highest BCUT2D eigenvalue weighted by atomic mass is 32.2. The zero-order valence-corrected chi connectivity index (χ0v) is 13.2. The average Bonchev–Trinajstić information content (AvgIpc) is 2.46. The zero-order valence-electron chi connectivity index (χ0n) is 12.4. The number of nitrogens with one attached hydrogen (secondary N) is 2. The smallest absolute Gasteiger partial charge is 0.237 e. The van der Waals surface area contributed by atoms with E-state index in [1.165, 1.54) is 44.9 Å². The summed E-state index contributed by atoms with van der Waals surface area (Å²) in [5.74, 6) is 2.24. The minimum absolute atomic E-state index is 0.0350. The van der Waals surface area contributed by atoms with Crippen LogP contribution in [0.15, 0.2) is 0 Å². The van der Waals surface area contributed by atoms with E-state index in [0.717, 1.165) is 31.0 Å². The highest BCUT2D eigenvalue weighted by molar-refractivity contribution is 7.99. The van der Waals surface area contributed by atoms with E-state index in [-0.39, 0.29) is 11.9 Å². The van der Waals surface area contributed by atoms with Crippen LogP contribution < -0.4 is 10.6 Å². The van der Waals surface area contributed by atoms with Gasteiger partial charge in [0.25, 0.3) is 0 Å². The van der Waals surface area contributed by atoms with Gasteiger partial charge >= 0.3 is 0 Å². The van der Waals surface area contributed by atoms with Crippen molar-refractivity contribution in [2.24, 2.45) is 0 Å². The summed E-state index contributed by atoms with van der Waals surface area (Å²) in [5.41, 5.74) is 0. The minimum Gasteiger partial charge on any atom is -0.355 e. The Morgan fingerprint density at radius 1 is 1.16 bits per heavy atom. The number of unbranched alkanes of at least 4 members (excludes halogenated alkanes) is 7. The lowest BCUT2D eigenvalue weighted by Crippen LogP contribution is -2.49. The third-order valence-electron chi connectivity index (χ3n) is 3.57. The van der Waals surface area contributed by atoms with Gasteiger partial charge in [-0.3, -0.25) is 4.79 Å². The number of hydrogen-bond donors (Lipinski definition) is 2. The monoisotopic (exact) mass is 286 g/mol. The van der Waals surface area contributed by atoms with Gasteiger partial charge in [-0.05, 0) is 6.42 Å². The maximum Gasteiger partial charge on any atom is 0.237 e. The van der Waals surface area contributed by atoms with Crippen LogP contribution in [-0.2, 0) is 4.79 Å². The van der Waals surface area contributed by atoms with Gasteiger partial charge in [-0.25, -0.2) is 0 Å². The van der Waals surface area contributed by atoms with E-state index in [9.17, 15) is 4.79 Å². The van der Waals surface area contributed by atoms with Gasteiger partial charge in [0.1, 0.15) is 0 Å². The lowest BCUT2D eigenvalue weighted by molar-refractivity contribution is -0.122. The fourth-order valence-corrected chi connectivity index (χ4v) is 3.26. The van der Waals surface area contributed by atoms with Gasteiger partial charge in [-0.2, -0.15) is 11.8 Å². The standard InChI is InChI=1S/C15H30N2OS/c1-2-3-4-5-6-7-8-9-10-17-15(18)14-13-19-12-11-16-14/h14,16H,2-13H2,1H3,(H,17,18). The van der Waals surface area contributed by atoms with Crippen molar-refractivity contribution in [3.8, 4) is 0 Å². The normalized spacial score (nSPS) is 19.3. The van der Waals surface area contributed by atoms with Crippen molar-refractivity contribution in [3.05, 3.63) is 0 Å². The van der Waals surface area contributed by atoms with E-state index < -0.39 is 0 Å². The first-order valence-electron chi connectivity index (χ1n) is 7.93. The van der Waals surface area contributed by atoms with E-state index in [1.54, 1.807) is 0 Å². The van der Waals surface area contributed by atoms with Crippen molar-refractivity contribution in [1.82, 2.24) is 10.6 Å². The summed E-state index contributed by atoms with van der Waals surface area (Å²) in [7, 11) is 0. The van der Waals surface area contributed by atoms with E-state index in [1.807, 2.05) is 11.8 Å². The zero-order chi connectivity index (χ0) is 13.8. The highest BCUT2D eigenvalue weighted by Gasteiger charge is 2.19. The van der Waals surface area contributed by atoms with Crippen molar-refractivity contribution in [2.45, 2.75) is 64.3 Å². The first-order valence-corrected chi connectivity index (χ1v) is 9.09. The van der Waals surface area contributed by atoms with Crippen LogP contribution in [0.4, 0.5) is 0 Å². The Balaban J connectivity index is 1.86. The summed E-state index contributed by atoms with van der Waals surface area (Å²) in [4.78, 5) is 11.8. The maximum atomic E-state index is 11.8. The van der Waals surface area contributed by atoms with Gasteiger partial charge in [0.2, 0.25) is 5.91 Å². The van der Waals surface area contributed by atoms with Crippen LogP contribution in [0.1, 0.15) is 58.3 Å². The molecule has 0 radical (unpaired) electrons. The van der Waals surface area contributed by atoms with Crippen LogP contribution in [0, 0.1) is 0 Å². The molecule has 0 aromatic rings. The number of amides is 1. The summed E-state index contributed by atoms with van der Waals surface area (Å²) >= 11 is 1.86. The number of carbonyl (C=O) groups excluding carboxylic acids is 1. The van der Waals surface area contributed by atoms with Crippen LogP contribution in [0.2, 0.25) is 0 Å². The second-order valence-corrected chi connectivity index (χ2v) is 6.50. The molecule has 1 rings (SSSR count). The predicted molar refractivity (Wildman–Crippen MR) is 84.7 cm³/mol. The molecule has 4 heteroatoms. The van der Waals surface area contributed by atoms with Gasteiger partial charge in [0.15, 0.2) is 0 Å². The molecule has 1 fully saturated rings. The molecular formula is C15H30N2OS. The van der Waals surface area contributed by atoms with Crippen LogP contribution >= 0.6 is 11.8 Å². The molecule has 0 bridgehead atoms. The molecular weight excluding hydrogens is 256 g/mol.